The summed E-state index contributed by atoms with van der Waals surface area (Å²) in [6.45, 7) is 1.48. The molecule has 0 aliphatic carbocycles. The third-order valence-electron chi connectivity index (χ3n) is 4.82. The molecule has 0 aromatic heterocycles. The molecule has 0 saturated carbocycles. The predicted molar refractivity (Wildman–Crippen MR) is 92.8 cm³/mol. The van der Waals surface area contributed by atoms with Crippen LogP contribution in [0, 0.1) is 0 Å². The molecule has 1 saturated heterocycles. The Morgan fingerprint density at radius 3 is 2.65 bits per heavy atom. The summed E-state index contributed by atoms with van der Waals surface area (Å²) in [7, 11) is 1.57. The van der Waals surface area contributed by atoms with Gasteiger partial charge in [-0.2, -0.15) is 13.2 Å². The van der Waals surface area contributed by atoms with Gasteiger partial charge < -0.3 is 9.84 Å². The first kappa shape index (κ1) is 18.7. The molecule has 140 valence electrons. The average Bonchev–Trinajstić information content (AvgIpc) is 2.61. The fourth-order valence-electron chi connectivity index (χ4n) is 3.51. The van der Waals surface area contributed by atoms with Crippen LogP contribution in [0.15, 0.2) is 48.5 Å². The molecule has 1 fully saturated rings. The second-order valence-corrected chi connectivity index (χ2v) is 6.78. The highest BCUT2D eigenvalue weighted by molar-refractivity contribution is 5.33. The zero-order valence-electron chi connectivity index (χ0n) is 14.6. The number of alkyl halides is 3. The minimum absolute atomic E-state index is 0.371. The molecular weight excluding hydrogens is 343 g/mol. The van der Waals surface area contributed by atoms with Gasteiger partial charge in [-0.1, -0.05) is 30.3 Å². The van der Waals surface area contributed by atoms with Gasteiger partial charge in [0.15, 0.2) is 0 Å². The smallest absolute Gasteiger partial charge is 0.416 e. The Balaban J connectivity index is 1.76. The number of piperidine rings is 1. The second-order valence-electron chi connectivity index (χ2n) is 6.78. The van der Waals surface area contributed by atoms with Gasteiger partial charge in [-0.3, -0.25) is 4.90 Å². The van der Waals surface area contributed by atoms with Crippen molar-refractivity contribution in [3.8, 4) is 5.75 Å². The van der Waals surface area contributed by atoms with E-state index in [1.54, 1.807) is 13.2 Å². The molecule has 1 heterocycles. The van der Waals surface area contributed by atoms with Crippen LogP contribution in [-0.2, 0) is 18.3 Å². The lowest BCUT2D eigenvalue weighted by atomic mass is 9.85. The van der Waals surface area contributed by atoms with Crippen LogP contribution in [0.3, 0.4) is 0 Å². The molecule has 3 rings (SSSR count). The van der Waals surface area contributed by atoms with E-state index in [-0.39, 0.29) is 0 Å². The molecule has 1 aliphatic heterocycles. The predicted octanol–water partition coefficient (Wildman–Crippen LogP) is 4.20. The third-order valence-corrected chi connectivity index (χ3v) is 4.82. The number of likely N-dealkylation sites (tertiary alicyclic amines) is 1. The maximum atomic E-state index is 12.9. The van der Waals surface area contributed by atoms with Crippen LogP contribution in [0.2, 0.25) is 0 Å². The zero-order chi connectivity index (χ0) is 18.8. The summed E-state index contributed by atoms with van der Waals surface area (Å²) in [6, 6.07) is 12.7. The summed E-state index contributed by atoms with van der Waals surface area (Å²) in [5.41, 5.74) is -0.315. The van der Waals surface area contributed by atoms with Crippen molar-refractivity contribution in [2.24, 2.45) is 0 Å². The number of nitrogens with zero attached hydrogens (tertiary/aromatic N) is 1. The standard InChI is InChI=1S/C20H22F3NO2/c1-26-18-8-3-6-16(12-18)19(25)9-4-10-24(14-19)13-15-5-2-7-17(11-15)20(21,22)23/h2-3,5-8,11-12,25H,4,9-10,13-14H2,1H3. The monoisotopic (exact) mass is 365 g/mol. The summed E-state index contributed by atoms with van der Waals surface area (Å²) in [6.07, 6.45) is -2.97. The molecule has 0 bridgehead atoms. The van der Waals surface area contributed by atoms with Gasteiger partial charge in [0.1, 0.15) is 11.4 Å². The molecule has 6 heteroatoms. The summed E-state index contributed by atoms with van der Waals surface area (Å²) in [4.78, 5) is 2.00. The zero-order valence-corrected chi connectivity index (χ0v) is 14.6. The maximum Gasteiger partial charge on any atom is 0.416 e. The molecule has 0 spiro atoms. The lowest BCUT2D eigenvalue weighted by Crippen LogP contribution is -2.45. The average molecular weight is 365 g/mol. The van der Waals surface area contributed by atoms with Crippen molar-refractivity contribution in [3.05, 3.63) is 65.2 Å². The number of methoxy groups -OCH3 is 1. The molecule has 1 unspecified atom stereocenters. The van der Waals surface area contributed by atoms with Crippen molar-refractivity contribution >= 4 is 0 Å². The molecule has 1 N–H and O–H groups in total. The molecule has 1 atom stereocenters. The number of benzene rings is 2. The lowest BCUT2D eigenvalue weighted by molar-refractivity contribution is -0.137. The van der Waals surface area contributed by atoms with Gasteiger partial charge in [-0.25, -0.2) is 0 Å². The van der Waals surface area contributed by atoms with Crippen LogP contribution in [-0.4, -0.2) is 30.2 Å². The number of rotatable bonds is 4. The first-order valence-corrected chi connectivity index (χ1v) is 8.56. The van der Waals surface area contributed by atoms with Gasteiger partial charge >= 0.3 is 6.18 Å². The molecular formula is C20H22F3NO2. The Kier molecular flexibility index (Phi) is 5.25. The fraction of sp³-hybridized carbons (Fsp3) is 0.400. The molecule has 0 radical (unpaired) electrons. The molecule has 0 amide bonds. The summed E-state index contributed by atoms with van der Waals surface area (Å²) < 4.78 is 43.9. The molecule has 1 aliphatic rings. The van der Waals surface area contributed by atoms with Crippen LogP contribution in [0.5, 0.6) is 5.75 Å². The van der Waals surface area contributed by atoms with Gasteiger partial charge in [-0.05, 0) is 48.7 Å². The van der Waals surface area contributed by atoms with Crippen molar-refractivity contribution in [2.45, 2.75) is 31.2 Å². The van der Waals surface area contributed by atoms with Gasteiger partial charge in [-0.15, -0.1) is 0 Å². The Labute approximate surface area is 151 Å². The largest absolute Gasteiger partial charge is 0.497 e. The van der Waals surface area contributed by atoms with Gasteiger partial charge in [0.25, 0.3) is 0 Å². The van der Waals surface area contributed by atoms with Crippen LogP contribution in [0.25, 0.3) is 0 Å². The highest BCUT2D eigenvalue weighted by atomic mass is 19.4. The quantitative estimate of drug-likeness (QED) is 0.882. The minimum Gasteiger partial charge on any atom is -0.497 e. The summed E-state index contributed by atoms with van der Waals surface area (Å²) in [5, 5.41) is 11.1. The summed E-state index contributed by atoms with van der Waals surface area (Å²) >= 11 is 0. The number of aliphatic hydroxyl groups is 1. The Morgan fingerprint density at radius 1 is 1.15 bits per heavy atom. The van der Waals surface area contributed by atoms with Crippen molar-refractivity contribution < 1.29 is 23.0 Å². The maximum absolute atomic E-state index is 12.9. The highest BCUT2D eigenvalue weighted by Gasteiger charge is 2.35. The van der Waals surface area contributed by atoms with E-state index in [1.807, 2.05) is 29.2 Å². The van der Waals surface area contributed by atoms with Crippen molar-refractivity contribution in [1.29, 1.82) is 0 Å². The minimum atomic E-state index is -4.35. The van der Waals surface area contributed by atoms with Crippen LogP contribution in [0.4, 0.5) is 13.2 Å². The SMILES string of the molecule is COc1cccc(C2(O)CCCN(Cc3cccc(C(F)(F)F)c3)C2)c1. The first-order valence-electron chi connectivity index (χ1n) is 8.56. The van der Waals surface area contributed by atoms with E-state index in [1.165, 1.54) is 12.1 Å². The fourth-order valence-corrected chi connectivity index (χ4v) is 3.51. The number of hydrogen-bond donors (Lipinski definition) is 1. The van der Waals surface area contributed by atoms with Gasteiger partial charge in [0, 0.05) is 13.1 Å². The van der Waals surface area contributed by atoms with E-state index in [2.05, 4.69) is 0 Å². The molecule has 2 aromatic rings. The lowest BCUT2D eigenvalue weighted by Gasteiger charge is -2.39. The first-order chi connectivity index (χ1) is 12.3. The Hall–Kier alpha value is -2.05. The van der Waals surface area contributed by atoms with E-state index in [9.17, 15) is 18.3 Å². The normalized spacial score (nSPS) is 21.6. The van der Waals surface area contributed by atoms with Crippen molar-refractivity contribution in [2.75, 3.05) is 20.2 Å². The van der Waals surface area contributed by atoms with Crippen LogP contribution in [0.1, 0.15) is 29.5 Å². The third kappa shape index (κ3) is 4.19. The van der Waals surface area contributed by atoms with E-state index in [4.69, 9.17) is 4.74 Å². The Bertz CT molecular complexity index is 763. The summed E-state index contributed by atoms with van der Waals surface area (Å²) in [5.74, 6) is 0.672. The molecule has 2 aromatic carbocycles. The van der Waals surface area contributed by atoms with Crippen LogP contribution >= 0.6 is 0 Å². The second kappa shape index (κ2) is 7.29. The van der Waals surface area contributed by atoms with E-state index < -0.39 is 17.3 Å². The van der Waals surface area contributed by atoms with Crippen molar-refractivity contribution in [3.63, 3.8) is 0 Å². The topological polar surface area (TPSA) is 32.7 Å². The Morgan fingerprint density at radius 2 is 1.92 bits per heavy atom. The number of ether oxygens (including phenoxy) is 1. The van der Waals surface area contributed by atoms with Crippen LogP contribution < -0.4 is 4.74 Å². The van der Waals surface area contributed by atoms with E-state index >= 15 is 0 Å². The van der Waals surface area contributed by atoms with Crippen molar-refractivity contribution in [1.82, 2.24) is 4.90 Å². The number of β-amino-alcohol motifs (C(OH)–C–C–N with tert-alkyl or cyclic N) is 1. The molecule has 3 nitrogen and oxygen atoms in total. The van der Waals surface area contributed by atoms with Gasteiger partial charge in [0.05, 0.1) is 12.7 Å². The number of halogens is 3. The molecule has 26 heavy (non-hydrogen) atoms. The van der Waals surface area contributed by atoms with E-state index in [0.29, 0.717) is 30.8 Å². The highest BCUT2D eigenvalue weighted by Crippen LogP contribution is 2.34. The van der Waals surface area contributed by atoms with E-state index in [0.717, 1.165) is 24.6 Å². The number of hydrogen-bond acceptors (Lipinski definition) is 3. The van der Waals surface area contributed by atoms with Gasteiger partial charge in [0.2, 0.25) is 0 Å².